The zero-order valence-corrected chi connectivity index (χ0v) is 10.9. The molecule has 2 unspecified atom stereocenters. The van der Waals surface area contributed by atoms with E-state index in [-0.39, 0.29) is 5.41 Å². The highest BCUT2D eigenvalue weighted by molar-refractivity contribution is 5.39. The van der Waals surface area contributed by atoms with E-state index in [1.807, 2.05) is 6.07 Å². The molecule has 92 valence electrons. The lowest BCUT2D eigenvalue weighted by molar-refractivity contribution is -0.159. The van der Waals surface area contributed by atoms with Crippen LogP contribution in [-0.4, -0.2) is 29.6 Å². The Labute approximate surface area is 103 Å². The second-order valence-electron chi connectivity index (χ2n) is 6.19. The second-order valence-corrected chi connectivity index (χ2v) is 6.19. The molecule has 0 aromatic heterocycles. The van der Waals surface area contributed by atoms with Crippen LogP contribution in [0.25, 0.3) is 0 Å². The summed E-state index contributed by atoms with van der Waals surface area (Å²) in [5.41, 5.74) is 1.76. The van der Waals surface area contributed by atoms with Gasteiger partial charge in [-0.1, -0.05) is 38.1 Å². The van der Waals surface area contributed by atoms with E-state index in [2.05, 4.69) is 44.0 Å². The van der Waals surface area contributed by atoms with Crippen LogP contribution in [0.4, 0.5) is 0 Å². The monoisotopic (exact) mass is 231 g/mol. The molecule has 0 spiro atoms. The van der Waals surface area contributed by atoms with E-state index in [4.69, 9.17) is 0 Å². The first-order chi connectivity index (χ1) is 7.97. The van der Waals surface area contributed by atoms with Gasteiger partial charge >= 0.3 is 0 Å². The Morgan fingerprint density at radius 2 is 2.00 bits per heavy atom. The highest BCUT2D eigenvalue weighted by Gasteiger charge is 2.56. The molecule has 1 saturated heterocycles. The first kappa shape index (κ1) is 11.2. The third-order valence-electron chi connectivity index (χ3n) is 5.13. The summed E-state index contributed by atoms with van der Waals surface area (Å²) in [5, 5.41) is 11.2. The molecule has 1 aromatic rings. The fourth-order valence-corrected chi connectivity index (χ4v) is 3.85. The molecule has 3 rings (SSSR count). The van der Waals surface area contributed by atoms with Gasteiger partial charge in [-0.25, -0.2) is 0 Å². The fraction of sp³-hybridized carbons (Fsp3) is 0.600. The van der Waals surface area contributed by atoms with Crippen molar-refractivity contribution in [3.8, 4) is 0 Å². The minimum absolute atomic E-state index is 0.0750. The second kappa shape index (κ2) is 3.33. The smallest absolute Gasteiger partial charge is 0.0977 e. The lowest BCUT2D eigenvalue weighted by atomic mass is 9.57. The van der Waals surface area contributed by atoms with Crippen LogP contribution in [0.1, 0.15) is 31.4 Å². The van der Waals surface area contributed by atoms with Gasteiger partial charge in [0.05, 0.1) is 5.60 Å². The van der Waals surface area contributed by atoms with Crippen molar-refractivity contribution in [3.05, 3.63) is 35.4 Å². The van der Waals surface area contributed by atoms with Gasteiger partial charge in [0.1, 0.15) is 0 Å². The van der Waals surface area contributed by atoms with Gasteiger partial charge in [0.15, 0.2) is 0 Å². The van der Waals surface area contributed by atoms with Crippen LogP contribution in [-0.2, 0) is 12.0 Å². The normalized spacial score (nSPS) is 35.4. The molecule has 2 aliphatic rings. The van der Waals surface area contributed by atoms with Crippen molar-refractivity contribution in [2.75, 3.05) is 13.6 Å². The summed E-state index contributed by atoms with van der Waals surface area (Å²) in [5.74, 6) is 0. The predicted molar refractivity (Wildman–Crippen MR) is 68.9 cm³/mol. The molecule has 2 nitrogen and oxygen atoms in total. The molecule has 0 saturated carbocycles. The van der Waals surface area contributed by atoms with Crippen LogP contribution in [0.3, 0.4) is 0 Å². The number of piperidine rings is 1. The standard InChI is InChI=1S/C15H21NO/c1-14(2)13-10-11-6-4-5-7-12(11)15(14,17)8-9-16(13)3/h4-7,13,17H,8-10H2,1-3H3. The number of hydrogen-bond acceptors (Lipinski definition) is 2. The van der Waals surface area contributed by atoms with Crippen LogP contribution >= 0.6 is 0 Å². The van der Waals surface area contributed by atoms with Crippen molar-refractivity contribution in [3.63, 3.8) is 0 Å². The molecule has 1 aliphatic heterocycles. The minimum atomic E-state index is -0.654. The molecule has 0 radical (unpaired) electrons. The van der Waals surface area contributed by atoms with Crippen LogP contribution in [0, 0.1) is 5.41 Å². The van der Waals surface area contributed by atoms with Crippen molar-refractivity contribution in [2.24, 2.45) is 5.41 Å². The zero-order chi connectivity index (χ0) is 12.3. The van der Waals surface area contributed by atoms with Gasteiger partial charge in [0.25, 0.3) is 0 Å². The Kier molecular flexibility index (Phi) is 2.20. The Balaban J connectivity index is 2.22. The Morgan fingerprint density at radius 3 is 2.76 bits per heavy atom. The molecule has 1 fully saturated rings. The van der Waals surface area contributed by atoms with Gasteiger partial charge in [0, 0.05) is 18.0 Å². The van der Waals surface area contributed by atoms with Crippen LogP contribution in [0.5, 0.6) is 0 Å². The molecule has 1 aliphatic carbocycles. The highest BCUT2D eigenvalue weighted by Crippen LogP contribution is 2.54. The molecule has 1 N–H and O–H groups in total. The molecule has 2 heteroatoms. The molecule has 2 atom stereocenters. The number of nitrogens with zero attached hydrogens (tertiary/aromatic N) is 1. The Morgan fingerprint density at radius 1 is 1.29 bits per heavy atom. The number of fused-ring (bicyclic) bond motifs is 4. The van der Waals surface area contributed by atoms with Gasteiger partial charge in [-0.2, -0.15) is 0 Å². The SMILES string of the molecule is CN1CCC2(O)c3ccccc3CC1C2(C)C. The quantitative estimate of drug-likeness (QED) is 0.739. The number of aliphatic hydroxyl groups is 1. The maximum absolute atomic E-state index is 11.2. The Bertz CT molecular complexity index is 454. The lowest BCUT2D eigenvalue weighted by Crippen LogP contribution is -2.63. The molecule has 1 aromatic carbocycles. The van der Waals surface area contributed by atoms with E-state index in [0.717, 1.165) is 24.9 Å². The predicted octanol–water partition coefficient (Wildman–Crippen LogP) is 2.16. The van der Waals surface area contributed by atoms with E-state index >= 15 is 0 Å². The first-order valence-corrected chi connectivity index (χ1v) is 6.48. The average Bonchev–Trinajstić information content (AvgIpc) is 2.29. The number of likely N-dealkylation sites (N-methyl/N-ethyl adjacent to an activating group) is 1. The van der Waals surface area contributed by atoms with Gasteiger partial charge in [-0.15, -0.1) is 0 Å². The maximum Gasteiger partial charge on any atom is 0.0977 e. The summed E-state index contributed by atoms with van der Waals surface area (Å²) in [6, 6.07) is 8.85. The third kappa shape index (κ3) is 1.28. The van der Waals surface area contributed by atoms with Crippen molar-refractivity contribution >= 4 is 0 Å². The van der Waals surface area contributed by atoms with Crippen LogP contribution in [0.15, 0.2) is 24.3 Å². The van der Waals surface area contributed by atoms with E-state index in [0.29, 0.717) is 6.04 Å². The van der Waals surface area contributed by atoms with E-state index in [1.165, 1.54) is 5.56 Å². The van der Waals surface area contributed by atoms with Crippen molar-refractivity contribution < 1.29 is 5.11 Å². The topological polar surface area (TPSA) is 23.5 Å². The van der Waals surface area contributed by atoms with E-state index in [9.17, 15) is 5.11 Å². The minimum Gasteiger partial charge on any atom is -0.384 e. The van der Waals surface area contributed by atoms with Crippen molar-refractivity contribution in [1.29, 1.82) is 0 Å². The maximum atomic E-state index is 11.2. The first-order valence-electron chi connectivity index (χ1n) is 6.48. The lowest BCUT2D eigenvalue weighted by Gasteiger charge is -2.58. The van der Waals surface area contributed by atoms with Crippen LogP contribution in [0.2, 0.25) is 0 Å². The van der Waals surface area contributed by atoms with Gasteiger partial charge in [-0.3, -0.25) is 0 Å². The van der Waals surface area contributed by atoms with Gasteiger partial charge in [0.2, 0.25) is 0 Å². The van der Waals surface area contributed by atoms with Crippen molar-refractivity contribution in [1.82, 2.24) is 4.90 Å². The third-order valence-corrected chi connectivity index (χ3v) is 5.13. The molecular weight excluding hydrogens is 210 g/mol. The summed E-state index contributed by atoms with van der Waals surface area (Å²) < 4.78 is 0. The van der Waals surface area contributed by atoms with E-state index < -0.39 is 5.60 Å². The average molecular weight is 231 g/mol. The molecule has 17 heavy (non-hydrogen) atoms. The zero-order valence-electron chi connectivity index (χ0n) is 10.9. The van der Waals surface area contributed by atoms with Crippen LogP contribution < -0.4 is 0 Å². The summed E-state index contributed by atoms with van der Waals surface area (Å²) >= 11 is 0. The summed E-state index contributed by atoms with van der Waals surface area (Å²) in [6.45, 7) is 5.41. The van der Waals surface area contributed by atoms with Crippen molar-refractivity contribution in [2.45, 2.75) is 38.3 Å². The molecule has 2 bridgehead atoms. The van der Waals surface area contributed by atoms with E-state index in [1.54, 1.807) is 0 Å². The number of likely N-dealkylation sites (tertiary alicyclic amines) is 1. The Hall–Kier alpha value is -0.860. The highest BCUT2D eigenvalue weighted by atomic mass is 16.3. The molecular formula is C15H21NO. The molecule has 1 heterocycles. The molecule has 0 amide bonds. The number of rotatable bonds is 0. The number of hydrogen-bond donors (Lipinski definition) is 1. The summed E-state index contributed by atoms with van der Waals surface area (Å²) in [6.07, 6.45) is 1.89. The van der Waals surface area contributed by atoms with Gasteiger partial charge in [-0.05, 0) is 31.0 Å². The fourth-order valence-electron chi connectivity index (χ4n) is 3.85. The largest absolute Gasteiger partial charge is 0.384 e. The van der Waals surface area contributed by atoms with Gasteiger partial charge < -0.3 is 10.0 Å². The number of benzene rings is 1. The summed E-state index contributed by atoms with van der Waals surface area (Å²) in [4.78, 5) is 2.41. The summed E-state index contributed by atoms with van der Waals surface area (Å²) in [7, 11) is 2.18.